The smallest absolute Gasteiger partial charge is 0.249 e. The Kier molecular flexibility index (Phi) is 6.08. The highest BCUT2D eigenvalue weighted by Crippen LogP contribution is 2.46. The van der Waals surface area contributed by atoms with Crippen LogP contribution in [-0.4, -0.2) is 15.8 Å². The Hall–Kier alpha value is -6.43. The average molecular weight is 692 g/mol. The summed E-state index contributed by atoms with van der Waals surface area (Å²) in [5, 5.41) is 5.16. The summed E-state index contributed by atoms with van der Waals surface area (Å²) in [6.45, 7) is 0.0935. The Morgan fingerprint density at radius 1 is 0.434 bits per heavy atom. The third-order valence-electron chi connectivity index (χ3n) is 11.3. The van der Waals surface area contributed by atoms with Gasteiger partial charge < -0.3 is 14.0 Å². The fourth-order valence-electron chi connectivity index (χ4n) is 9.25. The number of hydrogen-bond acceptors (Lipinski definition) is 2. The Balaban J connectivity index is 1.27. The van der Waals surface area contributed by atoms with Crippen LogP contribution in [0.5, 0.6) is 0 Å². The molecule has 0 saturated carbocycles. The molecule has 2 aromatic heterocycles. The molecule has 0 atom stereocenters. The van der Waals surface area contributed by atoms with E-state index in [1.165, 1.54) is 81.2 Å². The minimum Gasteiger partial charge on any atom is -0.310 e. The maximum absolute atomic E-state index is 2.59. The number of nitrogens with zero attached hydrogens (tertiary/aromatic N) is 3. The van der Waals surface area contributed by atoms with E-state index in [1.807, 2.05) is 11.8 Å². The zero-order valence-electron chi connectivity index (χ0n) is 28.6. The van der Waals surface area contributed by atoms with E-state index in [0.717, 1.165) is 17.1 Å². The maximum atomic E-state index is 2.59. The number of hydrogen-bond donors (Lipinski definition) is 0. The third kappa shape index (κ3) is 4.03. The molecule has 0 bridgehead atoms. The second-order valence-corrected chi connectivity index (χ2v) is 15.2. The van der Waals surface area contributed by atoms with Crippen molar-refractivity contribution in [1.29, 1.82) is 0 Å². The molecule has 3 nitrogen and oxygen atoms in total. The summed E-state index contributed by atoms with van der Waals surface area (Å²) in [7, 11) is 0. The number of para-hydroxylation sites is 5. The summed E-state index contributed by atoms with van der Waals surface area (Å²) in [5.41, 5.74) is 15.0. The molecular weight excluding hydrogens is 661 g/mol. The molecule has 0 N–H and O–H groups in total. The normalized spacial score (nSPS) is 12.8. The van der Waals surface area contributed by atoms with E-state index in [0.29, 0.717) is 0 Å². The van der Waals surface area contributed by atoms with Gasteiger partial charge in [-0.15, -0.1) is 0 Å². The molecule has 0 fully saturated rings. The number of aromatic nitrogens is 2. The molecule has 0 saturated heterocycles. The molecule has 246 valence electrons. The van der Waals surface area contributed by atoms with Crippen LogP contribution in [0, 0.1) is 0 Å². The highest BCUT2D eigenvalue weighted by molar-refractivity contribution is 8.00. The minimum atomic E-state index is 0.0935. The molecule has 0 amide bonds. The van der Waals surface area contributed by atoms with Crippen molar-refractivity contribution in [2.75, 3.05) is 4.90 Å². The first-order chi connectivity index (χ1) is 26.3. The Labute approximate surface area is 311 Å². The van der Waals surface area contributed by atoms with E-state index in [4.69, 9.17) is 0 Å². The van der Waals surface area contributed by atoms with E-state index in [9.17, 15) is 0 Å². The van der Waals surface area contributed by atoms with Crippen LogP contribution in [0.2, 0.25) is 0 Å². The Morgan fingerprint density at radius 2 is 1.04 bits per heavy atom. The number of rotatable bonds is 4. The second-order valence-electron chi connectivity index (χ2n) is 14.1. The monoisotopic (exact) mass is 691 g/mol. The molecule has 0 aliphatic carbocycles. The quantitative estimate of drug-likeness (QED) is 0.171. The van der Waals surface area contributed by atoms with Gasteiger partial charge in [0.1, 0.15) is 0 Å². The third-order valence-corrected chi connectivity index (χ3v) is 12.4. The van der Waals surface area contributed by atoms with Gasteiger partial charge in [0.25, 0.3) is 0 Å². The van der Waals surface area contributed by atoms with Gasteiger partial charge in [0.15, 0.2) is 0 Å². The molecule has 53 heavy (non-hydrogen) atoms. The highest BCUT2D eigenvalue weighted by Gasteiger charge is 2.41. The molecule has 8 aromatic carbocycles. The van der Waals surface area contributed by atoms with Crippen molar-refractivity contribution in [3.63, 3.8) is 0 Å². The summed E-state index contributed by atoms with van der Waals surface area (Å²) < 4.78 is 5.09. The van der Waals surface area contributed by atoms with Gasteiger partial charge in [0.2, 0.25) is 6.71 Å². The van der Waals surface area contributed by atoms with Crippen LogP contribution in [-0.2, 0) is 0 Å². The first kappa shape index (κ1) is 29.2. The van der Waals surface area contributed by atoms with Gasteiger partial charge in [-0.05, 0) is 77.7 Å². The lowest BCUT2D eigenvalue weighted by Gasteiger charge is -2.35. The maximum Gasteiger partial charge on any atom is 0.249 e. The molecule has 10 aromatic rings. The molecule has 4 heterocycles. The minimum absolute atomic E-state index is 0.0935. The van der Waals surface area contributed by atoms with Gasteiger partial charge in [0, 0.05) is 59.8 Å². The standard InChI is InChI=1S/C48H30BN3S/c1-4-16-31(17-5-1)50(32-18-6-2-7-19-32)34-28-42-46-44(29-34)53-43-27-15-12-24-38(43)49(46)39-30-37-35-22-10-13-25-40(35)51(33-20-8-3-9-21-33)47(37)45-36-23-11-14-26-41(36)52(42)48(39)45/h1-30H. The Morgan fingerprint density at radius 3 is 1.77 bits per heavy atom. The van der Waals surface area contributed by atoms with Crippen molar-refractivity contribution in [3.05, 3.63) is 182 Å². The number of fused-ring (bicyclic) bond motifs is 11. The van der Waals surface area contributed by atoms with E-state index in [1.54, 1.807) is 0 Å². The van der Waals surface area contributed by atoms with Crippen LogP contribution in [0.1, 0.15) is 0 Å². The predicted molar refractivity (Wildman–Crippen MR) is 225 cm³/mol. The van der Waals surface area contributed by atoms with Crippen LogP contribution >= 0.6 is 11.8 Å². The molecule has 12 rings (SSSR count). The van der Waals surface area contributed by atoms with Crippen molar-refractivity contribution in [2.45, 2.75) is 9.79 Å². The summed E-state index contributed by atoms with van der Waals surface area (Å²) in [6.07, 6.45) is 0. The van der Waals surface area contributed by atoms with Crippen molar-refractivity contribution < 1.29 is 0 Å². The second kappa shape index (κ2) is 11.0. The number of anilines is 3. The van der Waals surface area contributed by atoms with Crippen LogP contribution in [0.25, 0.3) is 55.0 Å². The van der Waals surface area contributed by atoms with Crippen molar-refractivity contribution in [3.8, 4) is 11.4 Å². The van der Waals surface area contributed by atoms with Gasteiger partial charge in [-0.25, -0.2) is 0 Å². The summed E-state index contributed by atoms with van der Waals surface area (Å²) >= 11 is 1.91. The lowest BCUT2D eigenvalue weighted by molar-refractivity contribution is 1.16. The first-order valence-corrected chi connectivity index (χ1v) is 19.0. The lowest BCUT2D eigenvalue weighted by atomic mass is 9.35. The topological polar surface area (TPSA) is 13.1 Å². The van der Waals surface area contributed by atoms with Crippen LogP contribution in [0.15, 0.2) is 192 Å². The highest BCUT2D eigenvalue weighted by atomic mass is 32.2. The largest absolute Gasteiger partial charge is 0.310 e. The fraction of sp³-hybridized carbons (Fsp3) is 0. The molecule has 0 unspecified atom stereocenters. The van der Waals surface area contributed by atoms with Crippen molar-refractivity contribution in [1.82, 2.24) is 9.13 Å². The zero-order valence-corrected chi connectivity index (χ0v) is 29.5. The molecular formula is C48H30BN3S. The summed E-state index contributed by atoms with van der Waals surface area (Å²) in [4.78, 5) is 5.03. The lowest BCUT2D eigenvalue weighted by Crippen LogP contribution is -2.58. The summed E-state index contributed by atoms with van der Waals surface area (Å²) in [5.74, 6) is 0. The molecule has 5 heteroatoms. The zero-order chi connectivity index (χ0) is 34.6. The average Bonchev–Trinajstić information content (AvgIpc) is 3.74. The van der Waals surface area contributed by atoms with E-state index >= 15 is 0 Å². The van der Waals surface area contributed by atoms with Gasteiger partial charge in [-0.2, -0.15) is 0 Å². The van der Waals surface area contributed by atoms with E-state index in [-0.39, 0.29) is 6.71 Å². The van der Waals surface area contributed by atoms with E-state index < -0.39 is 0 Å². The molecule has 2 aliphatic heterocycles. The Bertz CT molecular complexity index is 3050. The SMILES string of the molecule is c1ccc(N(c2ccccc2)c2cc3c4c(c2)-n2c5ccccc5c5c2c(cc2c6ccccc6n(-c6ccccc6)c25)B4c2ccccc2S3)cc1. The van der Waals surface area contributed by atoms with Crippen LogP contribution < -0.4 is 21.3 Å². The predicted octanol–water partition coefficient (Wildman–Crippen LogP) is 10.6. The van der Waals surface area contributed by atoms with Crippen molar-refractivity contribution >= 4 is 95.5 Å². The molecule has 2 aliphatic rings. The number of benzene rings is 8. The molecule has 0 radical (unpaired) electrons. The van der Waals surface area contributed by atoms with Gasteiger partial charge >= 0.3 is 0 Å². The van der Waals surface area contributed by atoms with Crippen molar-refractivity contribution in [2.24, 2.45) is 0 Å². The van der Waals surface area contributed by atoms with Gasteiger partial charge in [0.05, 0.1) is 22.1 Å². The molecule has 0 spiro atoms. The fourth-order valence-corrected chi connectivity index (χ4v) is 10.4. The summed E-state index contributed by atoms with van der Waals surface area (Å²) in [6, 6.07) is 66.9. The van der Waals surface area contributed by atoms with Gasteiger partial charge in [-0.3, -0.25) is 0 Å². The first-order valence-electron chi connectivity index (χ1n) is 18.2. The van der Waals surface area contributed by atoms with Crippen LogP contribution in [0.4, 0.5) is 17.1 Å². The van der Waals surface area contributed by atoms with Gasteiger partial charge in [-0.1, -0.05) is 132 Å². The van der Waals surface area contributed by atoms with E-state index in [2.05, 4.69) is 196 Å². The van der Waals surface area contributed by atoms with Crippen LogP contribution in [0.3, 0.4) is 0 Å².